The second-order valence-corrected chi connectivity index (χ2v) is 4.22. The van der Waals surface area contributed by atoms with Crippen molar-refractivity contribution < 1.29 is 9.47 Å². The first-order valence-corrected chi connectivity index (χ1v) is 6.17. The summed E-state index contributed by atoms with van der Waals surface area (Å²) in [6.07, 6.45) is 1.75. The van der Waals surface area contributed by atoms with Crippen molar-refractivity contribution in [3.8, 4) is 11.6 Å². The molecule has 4 nitrogen and oxygen atoms in total. The summed E-state index contributed by atoms with van der Waals surface area (Å²) in [5.41, 5.74) is 2.21. The molecular weight excluding hydrogens is 240 g/mol. The smallest absolute Gasteiger partial charge is 0.219 e. The van der Waals surface area contributed by atoms with Gasteiger partial charge in [0.05, 0.1) is 6.61 Å². The number of ether oxygens (including phenoxy) is 2. The van der Waals surface area contributed by atoms with Gasteiger partial charge in [-0.05, 0) is 36.4 Å². The first-order valence-electron chi connectivity index (χ1n) is 6.17. The number of nitrogens with one attached hydrogen (secondary N) is 1. The highest BCUT2D eigenvalue weighted by Gasteiger charge is 2.01. The van der Waals surface area contributed by atoms with E-state index in [2.05, 4.69) is 10.3 Å². The van der Waals surface area contributed by atoms with E-state index >= 15 is 0 Å². The van der Waals surface area contributed by atoms with Gasteiger partial charge in [-0.1, -0.05) is 12.1 Å². The Balaban J connectivity index is 2.11. The van der Waals surface area contributed by atoms with Crippen LogP contribution in [-0.4, -0.2) is 19.1 Å². The number of rotatable bonds is 6. The normalized spacial score (nSPS) is 10.4. The summed E-state index contributed by atoms with van der Waals surface area (Å²) in [7, 11) is 3.59. The molecule has 0 aliphatic carbocycles. The summed E-state index contributed by atoms with van der Waals surface area (Å²) in [5, 5.41) is 3.10. The maximum absolute atomic E-state index is 5.76. The lowest BCUT2D eigenvalue weighted by molar-refractivity contribution is 0.184. The lowest BCUT2D eigenvalue weighted by Crippen LogP contribution is -2.05. The Morgan fingerprint density at radius 3 is 2.84 bits per heavy atom. The number of aromatic nitrogens is 1. The fraction of sp³-hybridized carbons (Fsp3) is 0.267. The number of hydrogen-bond donors (Lipinski definition) is 1. The molecule has 100 valence electrons. The van der Waals surface area contributed by atoms with Gasteiger partial charge in [0.1, 0.15) is 5.75 Å². The van der Waals surface area contributed by atoms with Gasteiger partial charge >= 0.3 is 0 Å². The lowest BCUT2D eigenvalue weighted by atomic mass is 10.2. The molecule has 0 fully saturated rings. The largest absolute Gasteiger partial charge is 0.439 e. The molecule has 2 rings (SSSR count). The second kappa shape index (κ2) is 6.87. The van der Waals surface area contributed by atoms with Gasteiger partial charge in [0.15, 0.2) is 0 Å². The van der Waals surface area contributed by atoms with Gasteiger partial charge in [-0.2, -0.15) is 0 Å². The van der Waals surface area contributed by atoms with Crippen LogP contribution in [0.5, 0.6) is 11.6 Å². The van der Waals surface area contributed by atoms with Crippen molar-refractivity contribution >= 4 is 0 Å². The highest BCUT2D eigenvalue weighted by Crippen LogP contribution is 2.21. The van der Waals surface area contributed by atoms with E-state index in [0.29, 0.717) is 12.5 Å². The number of methoxy groups -OCH3 is 1. The van der Waals surface area contributed by atoms with Crippen molar-refractivity contribution in [1.82, 2.24) is 10.3 Å². The number of hydrogen-bond acceptors (Lipinski definition) is 4. The zero-order valence-electron chi connectivity index (χ0n) is 11.2. The molecule has 0 unspecified atom stereocenters. The fourth-order valence-electron chi connectivity index (χ4n) is 1.81. The van der Waals surface area contributed by atoms with Crippen LogP contribution in [-0.2, 0) is 17.9 Å². The predicted octanol–water partition coefficient (Wildman–Crippen LogP) is 2.74. The minimum absolute atomic E-state index is 0.574. The van der Waals surface area contributed by atoms with Gasteiger partial charge in [0.25, 0.3) is 0 Å². The summed E-state index contributed by atoms with van der Waals surface area (Å²) in [4.78, 5) is 4.21. The molecule has 0 saturated carbocycles. The highest BCUT2D eigenvalue weighted by atomic mass is 16.5. The second-order valence-electron chi connectivity index (χ2n) is 4.22. The molecule has 0 saturated heterocycles. The molecule has 0 bridgehead atoms. The van der Waals surface area contributed by atoms with Crippen LogP contribution in [0.4, 0.5) is 0 Å². The zero-order valence-corrected chi connectivity index (χ0v) is 11.2. The van der Waals surface area contributed by atoms with E-state index in [4.69, 9.17) is 9.47 Å². The van der Waals surface area contributed by atoms with E-state index in [1.807, 2.05) is 43.4 Å². The first kappa shape index (κ1) is 13.5. The average Bonchev–Trinajstić information content (AvgIpc) is 2.40. The molecular formula is C15H18N2O2. The molecule has 0 amide bonds. The summed E-state index contributed by atoms with van der Waals surface area (Å²) in [6, 6.07) is 11.7. The molecule has 0 radical (unpaired) electrons. The van der Waals surface area contributed by atoms with E-state index in [1.54, 1.807) is 13.3 Å². The third-order valence-electron chi connectivity index (χ3n) is 2.61. The summed E-state index contributed by atoms with van der Waals surface area (Å²) in [5.74, 6) is 1.37. The van der Waals surface area contributed by atoms with Crippen molar-refractivity contribution in [2.45, 2.75) is 13.2 Å². The minimum Gasteiger partial charge on any atom is -0.439 e. The number of pyridine rings is 1. The summed E-state index contributed by atoms with van der Waals surface area (Å²) < 4.78 is 10.9. The molecule has 0 spiro atoms. The van der Waals surface area contributed by atoms with Crippen LogP contribution in [0.2, 0.25) is 0 Å². The van der Waals surface area contributed by atoms with Gasteiger partial charge in [-0.25, -0.2) is 4.98 Å². The molecule has 0 aliphatic rings. The molecule has 2 aromatic rings. The quantitative estimate of drug-likeness (QED) is 0.865. The topological polar surface area (TPSA) is 43.4 Å². The molecule has 0 aliphatic heterocycles. The monoisotopic (exact) mass is 258 g/mol. The third kappa shape index (κ3) is 4.05. The summed E-state index contributed by atoms with van der Waals surface area (Å²) in [6.45, 7) is 1.37. The van der Waals surface area contributed by atoms with E-state index in [0.717, 1.165) is 23.4 Å². The van der Waals surface area contributed by atoms with Crippen LogP contribution >= 0.6 is 0 Å². The van der Waals surface area contributed by atoms with Crippen LogP contribution < -0.4 is 10.1 Å². The minimum atomic E-state index is 0.574. The van der Waals surface area contributed by atoms with Gasteiger partial charge in [0.2, 0.25) is 5.88 Å². The Kier molecular flexibility index (Phi) is 4.89. The van der Waals surface area contributed by atoms with Crippen LogP contribution in [0.15, 0.2) is 42.6 Å². The molecule has 4 heteroatoms. The van der Waals surface area contributed by atoms with Gasteiger partial charge in [0, 0.05) is 25.9 Å². The fourth-order valence-corrected chi connectivity index (χ4v) is 1.81. The van der Waals surface area contributed by atoms with Crippen LogP contribution in [0, 0.1) is 0 Å². The maximum atomic E-state index is 5.76. The molecule has 1 aromatic heterocycles. The highest BCUT2D eigenvalue weighted by molar-refractivity contribution is 5.32. The molecule has 1 heterocycles. The van der Waals surface area contributed by atoms with E-state index in [1.165, 1.54) is 0 Å². The van der Waals surface area contributed by atoms with E-state index < -0.39 is 0 Å². The Morgan fingerprint density at radius 1 is 1.16 bits per heavy atom. The van der Waals surface area contributed by atoms with Crippen molar-refractivity contribution in [2.24, 2.45) is 0 Å². The van der Waals surface area contributed by atoms with Gasteiger partial charge in [-0.3, -0.25) is 0 Å². The molecule has 19 heavy (non-hydrogen) atoms. The molecule has 1 N–H and O–H groups in total. The van der Waals surface area contributed by atoms with Crippen molar-refractivity contribution in [3.05, 3.63) is 53.7 Å². The Morgan fingerprint density at radius 2 is 2.05 bits per heavy atom. The maximum Gasteiger partial charge on any atom is 0.219 e. The summed E-state index contributed by atoms with van der Waals surface area (Å²) >= 11 is 0. The number of nitrogens with zero attached hydrogens (tertiary/aromatic N) is 1. The predicted molar refractivity (Wildman–Crippen MR) is 74.2 cm³/mol. The van der Waals surface area contributed by atoms with Crippen LogP contribution in [0.1, 0.15) is 11.1 Å². The van der Waals surface area contributed by atoms with E-state index in [9.17, 15) is 0 Å². The van der Waals surface area contributed by atoms with Crippen LogP contribution in [0.25, 0.3) is 0 Å². The van der Waals surface area contributed by atoms with Crippen molar-refractivity contribution in [2.75, 3.05) is 14.2 Å². The molecule has 0 atom stereocenters. The van der Waals surface area contributed by atoms with Gasteiger partial charge in [-0.15, -0.1) is 0 Å². The molecule has 1 aromatic carbocycles. The Hall–Kier alpha value is -1.91. The van der Waals surface area contributed by atoms with Crippen molar-refractivity contribution in [3.63, 3.8) is 0 Å². The van der Waals surface area contributed by atoms with Gasteiger partial charge < -0.3 is 14.8 Å². The Bertz CT molecular complexity index is 482. The average molecular weight is 258 g/mol. The SMILES string of the molecule is CNCc1ccnc(Oc2cccc(COC)c2)c1. The van der Waals surface area contributed by atoms with E-state index in [-0.39, 0.29) is 0 Å². The third-order valence-corrected chi connectivity index (χ3v) is 2.61. The van der Waals surface area contributed by atoms with Crippen LogP contribution in [0.3, 0.4) is 0 Å². The van der Waals surface area contributed by atoms with Crippen molar-refractivity contribution in [1.29, 1.82) is 0 Å². The number of benzene rings is 1. The first-order chi connectivity index (χ1) is 9.31. The zero-order chi connectivity index (χ0) is 13.5. The Labute approximate surface area is 113 Å². The standard InChI is InChI=1S/C15H18N2O2/c1-16-10-12-6-7-17-15(9-12)19-14-5-3-4-13(8-14)11-18-2/h3-9,16H,10-11H2,1-2H3. The lowest BCUT2D eigenvalue weighted by Gasteiger charge is -2.08.